The van der Waals surface area contributed by atoms with Crippen molar-refractivity contribution in [1.29, 1.82) is 0 Å². The molecule has 1 amide bonds. The summed E-state index contributed by atoms with van der Waals surface area (Å²) in [6, 6.07) is 7.75. The fourth-order valence-corrected chi connectivity index (χ4v) is 3.59. The molecule has 5 heteroatoms. The minimum absolute atomic E-state index is 0.235. The highest BCUT2D eigenvalue weighted by Crippen LogP contribution is 2.21. The van der Waals surface area contributed by atoms with E-state index >= 15 is 0 Å². The minimum Gasteiger partial charge on any atom is -0.265 e. The number of carbonyl (C=O) groups is 1. The summed E-state index contributed by atoms with van der Waals surface area (Å²) in [4.78, 5) is 12.1. The Morgan fingerprint density at radius 1 is 1.08 bits per heavy atom. The Labute approximate surface area is 154 Å². The standard InChI is InChI=1S/C20H29N3OS/c1-2-3-4-5-6-7-8-9-10-13-16-21-22-20(24)19-17-14-11-12-15-18(17)25-23-19/h11-12,14-16H,2-10,13H2,1H3,(H,22,24)/b21-16+. The second-order valence-corrected chi connectivity index (χ2v) is 7.20. The maximum Gasteiger partial charge on any atom is 0.291 e. The van der Waals surface area contributed by atoms with Gasteiger partial charge in [-0.2, -0.15) is 9.47 Å². The Kier molecular flexibility index (Phi) is 9.19. The molecule has 1 aromatic carbocycles. The summed E-state index contributed by atoms with van der Waals surface area (Å²) >= 11 is 1.34. The van der Waals surface area contributed by atoms with Crippen molar-refractivity contribution in [2.75, 3.05) is 0 Å². The number of aromatic nitrogens is 1. The number of amides is 1. The van der Waals surface area contributed by atoms with E-state index in [1.54, 1.807) is 6.21 Å². The lowest BCUT2D eigenvalue weighted by molar-refractivity contribution is 0.0953. The molecule has 0 atom stereocenters. The molecule has 0 bridgehead atoms. The molecule has 0 unspecified atom stereocenters. The SMILES string of the molecule is CCCCCCCCCCC/C=N/NC(=O)c1nsc2ccccc12. The van der Waals surface area contributed by atoms with Crippen molar-refractivity contribution in [1.82, 2.24) is 9.80 Å². The van der Waals surface area contributed by atoms with Crippen molar-refractivity contribution in [3.8, 4) is 0 Å². The third-order valence-corrected chi connectivity index (χ3v) is 5.11. The van der Waals surface area contributed by atoms with Crippen LogP contribution in [0.2, 0.25) is 0 Å². The van der Waals surface area contributed by atoms with Gasteiger partial charge in [0.2, 0.25) is 0 Å². The molecular weight excluding hydrogens is 330 g/mol. The number of nitrogens with one attached hydrogen (secondary N) is 1. The van der Waals surface area contributed by atoms with Gasteiger partial charge in [-0.25, -0.2) is 5.43 Å². The van der Waals surface area contributed by atoms with Gasteiger partial charge in [0.05, 0.1) is 4.70 Å². The molecule has 0 spiro atoms. The molecule has 0 aliphatic heterocycles. The van der Waals surface area contributed by atoms with Crippen molar-refractivity contribution < 1.29 is 4.79 Å². The van der Waals surface area contributed by atoms with Crippen LogP contribution in [-0.2, 0) is 0 Å². The Bertz CT molecular complexity index is 666. The van der Waals surface area contributed by atoms with Gasteiger partial charge in [-0.15, -0.1) is 0 Å². The van der Waals surface area contributed by atoms with Gasteiger partial charge < -0.3 is 0 Å². The smallest absolute Gasteiger partial charge is 0.265 e. The summed E-state index contributed by atoms with van der Waals surface area (Å²) in [5.74, 6) is -0.235. The van der Waals surface area contributed by atoms with Crippen LogP contribution in [0.25, 0.3) is 10.1 Å². The highest BCUT2D eigenvalue weighted by Gasteiger charge is 2.12. The normalized spacial score (nSPS) is 11.4. The van der Waals surface area contributed by atoms with E-state index in [1.807, 2.05) is 24.3 Å². The van der Waals surface area contributed by atoms with E-state index in [2.05, 4.69) is 21.8 Å². The van der Waals surface area contributed by atoms with E-state index in [-0.39, 0.29) is 5.91 Å². The fraction of sp³-hybridized carbons (Fsp3) is 0.550. The lowest BCUT2D eigenvalue weighted by Gasteiger charge is -2.00. The summed E-state index contributed by atoms with van der Waals surface area (Å²) in [7, 11) is 0. The van der Waals surface area contributed by atoms with Gasteiger partial charge in [-0.05, 0) is 30.4 Å². The summed E-state index contributed by atoms with van der Waals surface area (Å²) < 4.78 is 5.25. The van der Waals surface area contributed by atoms with Crippen LogP contribution in [0.1, 0.15) is 81.6 Å². The Morgan fingerprint density at radius 2 is 1.76 bits per heavy atom. The molecule has 0 aliphatic carbocycles. The number of benzene rings is 1. The van der Waals surface area contributed by atoms with Crippen molar-refractivity contribution in [3.05, 3.63) is 30.0 Å². The number of hydrazone groups is 1. The molecule has 0 fully saturated rings. The van der Waals surface area contributed by atoms with Crippen molar-refractivity contribution in [2.45, 2.75) is 71.1 Å². The molecule has 4 nitrogen and oxygen atoms in total. The molecule has 25 heavy (non-hydrogen) atoms. The highest BCUT2D eigenvalue weighted by atomic mass is 32.1. The molecule has 136 valence electrons. The van der Waals surface area contributed by atoms with Crippen LogP contribution in [0.4, 0.5) is 0 Å². The van der Waals surface area contributed by atoms with Crippen LogP contribution in [0.3, 0.4) is 0 Å². The molecule has 0 saturated carbocycles. The van der Waals surface area contributed by atoms with Crippen LogP contribution in [0.5, 0.6) is 0 Å². The van der Waals surface area contributed by atoms with E-state index in [9.17, 15) is 4.79 Å². The maximum atomic E-state index is 12.1. The Balaban J connectivity index is 1.55. The molecule has 2 aromatic rings. The molecule has 1 N–H and O–H groups in total. The number of fused-ring (bicyclic) bond motifs is 1. The van der Waals surface area contributed by atoms with Crippen LogP contribution in [0.15, 0.2) is 29.4 Å². The largest absolute Gasteiger partial charge is 0.291 e. The average molecular weight is 360 g/mol. The van der Waals surface area contributed by atoms with E-state index in [4.69, 9.17) is 0 Å². The number of rotatable bonds is 12. The number of carbonyl (C=O) groups excluding carboxylic acids is 1. The first-order valence-electron chi connectivity index (χ1n) is 9.49. The molecular formula is C20H29N3OS. The highest BCUT2D eigenvalue weighted by molar-refractivity contribution is 7.13. The quantitative estimate of drug-likeness (QED) is 0.290. The van der Waals surface area contributed by atoms with Gasteiger partial charge in [0, 0.05) is 11.6 Å². The van der Waals surface area contributed by atoms with Crippen LogP contribution >= 0.6 is 11.5 Å². The Hall–Kier alpha value is -1.75. The molecule has 1 aromatic heterocycles. The van der Waals surface area contributed by atoms with Crippen molar-refractivity contribution in [2.24, 2.45) is 5.10 Å². The number of nitrogens with zero attached hydrogens (tertiary/aromatic N) is 2. The fourth-order valence-electron chi connectivity index (χ4n) is 2.82. The zero-order valence-electron chi connectivity index (χ0n) is 15.2. The summed E-state index contributed by atoms with van der Waals surface area (Å²) in [6.45, 7) is 2.25. The van der Waals surface area contributed by atoms with Crippen LogP contribution in [-0.4, -0.2) is 16.5 Å². The first-order valence-corrected chi connectivity index (χ1v) is 10.3. The third kappa shape index (κ3) is 6.94. The predicted molar refractivity (Wildman–Crippen MR) is 107 cm³/mol. The van der Waals surface area contributed by atoms with Gasteiger partial charge in [-0.3, -0.25) is 4.79 Å². The van der Waals surface area contributed by atoms with Gasteiger partial charge in [0.15, 0.2) is 5.69 Å². The van der Waals surface area contributed by atoms with Gasteiger partial charge in [-0.1, -0.05) is 76.5 Å². The van der Waals surface area contributed by atoms with E-state index in [0.717, 1.165) is 22.9 Å². The lowest BCUT2D eigenvalue weighted by Crippen LogP contribution is -2.18. The minimum atomic E-state index is -0.235. The van der Waals surface area contributed by atoms with Gasteiger partial charge >= 0.3 is 0 Å². The van der Waals surface area contributed by atoms with Crippen LogP contribution in [0, 0.1) is 0 Å². The van der Waals surface area contributed by atoms with E-state index in [1.165, 1.54) is 62.9 Å². The molecule has 0 radical (unpaired) electrons. The summed E-state index contributed by atoms with van der Waals surface area (Å²) in [5, 5.41) is 4.93. The molecule has 0 aliphatic rings. The second kappa shape index (κ2) is 11.7. The topological polar surface area (TPSA) is 54.4 Å². The summed E-state index contributed by atoms with van der Waals surface area (Å²) in [5.41, 5.74) is 3.04. The molecule has 2 rings (SSSR count). The number of hydrogen-bond acceptors (Lipinski definition) is 4. The Morgan fingerprint density at radius 3 is 2.52 bits per heavy atom. The zero-order valence-corrected chi connectivity index (χ0v) is 16.0. The van der Waals surface area contributed by atoms with Gasteiger partial charge in [0.25, 0.3) is 5.91 Å². The average Bonchev–Trinajstić information content (AvgIpc) is 3.06. The second-order valence-electron chi connectivity index (χ2n) is 6.40. The number of unbranched alkanes of at least 4 members (excludes halogenated alkanes) is 9. The third-order valence-electron chi connectivity index (χ3n) is 4.29. The van der Waals surface area contributed by atoms with E-state index < -0.39 is 0 Å². The van der Waals surface area contributed by atoms with Crippen molar-refractivity contribution >= 4 is 33.7 Å². The predicted octanol–water partition coefficient (Wildman–Crippen LogP) is 5.93. The molecule has 1 heterocycles. The van der Waals surface area contributed by atoms with Crippen LogP contribution < -0.4 is 5.43 Å². The summed E-state index contributed by atoms with van der Waals surface area (Å²) in [6.07, 6.45) is 14.6. The van der Waals surface area contributed by atoms with E-state index in [0.29, 0.717) is 5.69 Å². The lowest BCUT2D eigenvalue weighted by atomic mass is 10.1. The maximum absolute atomic E-state index is 12.1. The van der Waals surface area contributed by atoms with Gasteiger partial charge in [0.1, 0.15) is 0 Å². The molecule has 0 saturated heterocycles. The number of hydrogen-bond donors (Lipinski definition) is 1. The monoisotopic (exact) mass is 359 g/mol. The zero-order chi connectivity index (χ0) is 17.7. The first kappa shape index (κ1) is 19.6. The first-order chi connectivity index (χ1) is 12.3. The van der Waals surface area contributed by atoms with Crippen molar-refractivity contribution in [3.63, 3.8) is 0 Å².